The molecular formula is C17H27NO. The number of hydrogen-bond acceptors (Lipinski definition) is 2. The zero-order valence-electron chi connectivity index (χ0n) is 12.3. The van der Waals surface area contributed by atoms with E-state index >= 15 is 0 Å². The highest BCUT2D eigenvalue weighted by Crippen LogP contribution is 2.31. The highest BCUT2D eigenvalue weighted by atomic mass is 16.3. The molecule has 1 aromatic carbocycles. The molecule has 2 heteroatoms. The summed E-state index contributed by atoms with van der Waals surface area (Å²) in [7, 11) is 0. The van der Waals surface area contributed by atoms with Crippen molar-refractivity contribution in [2.24, 2.45) is 5.92 Å². The minimum absolute atomic E-state index is 0.487. The second kappa shape index (κ2) is 6.53. The van der Waals surface area contributed by atoms with Crippen LogP contribution in [0, 0.1) is 5.92 Å². The molecule has 0 aromatic heterocycles. The van der Waals surface area contributed by atoms with Crippen molar-refractivity contribution in [2.75, 3.05) is 6.54 Å². The first-order valence-corrected chi connectivity index (χ1v) is 7.63. The molecule has 0 heterocycles. The van der Waals surface area contributed by atoms with Crippen molar-refractivity contribution in [3.8, 4) is 0 Å². The summed E-state index contributed by atoms with van der Waals surface area (Å²) in [5.74, 6) is 0.656. The van der Waals surface area contributed by atoms with Gasteiger partial charge in [0.05, 0.1) is 5.60 Å². The number of rotatable bonds is 5. The zero-order valence-corrected chi connectivity index (χ0v) is 12.3. The quantitative estimate of drug-likeness (QED) is 0.852. The largest absolute Gasteiger partial charge is 0.389 e. The van der Waals surface area contributed by atoms with Crippen LogP contribution in [0.3, 0.4) is 0 Å². The number of aliphatic hydroxyl groups is 1. The standard InChI is InChI=1S/C17H27NO/c1-3-15-8-4-5-9-16(15)12-18-13-17(19)10-6-7-14(2)11-17/h4-5,8-9,14,18-19H,3,6-7,10-13H2,1-2H3. The Morgan fingerprint density at radius 2 is 2.05 bits per heavy atom. The fourth-order valence-electron chi connectivity index (χ4n) is 3.30. The summed E-state index contributed by atoms with van der Waals surface area (Å²) in [5.41, 5.74) is 2.27. The first kappa shape index (κ1) is 14.5. The molecule has 0 radical (unpaired) electrons. The molecule has 2 N–H and O–H groups in total. The molecule has 1 aliphatic carbocycles. The maximum Gasteiger partial charge on any atom is 0.0774 e. The summed E-state index contributed by atoms with van der Waals surface area (Å²) < 4.78 is 0. The smallest absolute Gasteiger partial charge is 0.0774 e. The monoisotopic (exact) mass is 261 g/mol. The number of nitrogens with one attached hydrogen (secondary N) is 1. The van der Waals surface area contributed by atoms with Gasteiger partial charge in [-0.15, -0.1) is 0 Å². The van der Waals surface area contributed by atoms with Gasteiger partial charge in [0, 0.05) is 13.1 Å². The van der Waals surface area contributed by atoms with Crippen LogP contribution in [-0.2, 0) is 13.0 Å². The van der Waals surface area contributed by atoms with E-state index < -0.39 is 5.60 Å². The number of hydrogen-bond donors (Lipinski definition) is 2. The molecule has 1 aliphatic rings. The summed E-state index contributed by atoms with van der Waals surface area (Å²) in [4.78, 5) is 0. The first-order valence-electron chi connectivity index (χ1n) is 7.63. The molecule has 2 atom stereocenters. The normalized spacial score (nSPS) is 27.4. The lowest BCUT2D eigenvalue weighted by Crippen LogP contribution is -2.43. The van der Waals surface area contributed by atoms with Crippen LogP contribution >= 0.6 is 0 Å². The van der Waals surface area contributed by atoms with Gasteiger partial charge in [0.15, 0.2) is 0 Å². The lowest BCUT2D eigenvalue weighted by atomic mass is 9.79. The predicted molar refractivity (Wildman–Crippen MR) is 80.1 cm³/mol. The zero-order chi connectivity index (χ0) is 13.7. The van der Waals surface area contributed by atoms with Crippen LogP contribution in [0.25, 0.3) is 0 Å². The SMILES string of the molecule is CCc1ccccc1CNCC1(O)CCCC(C)C1. The molecule has 2 nitrogen and oxygen atoms in total. The van der Waals surface area contributed by atoms with E-state index in [1.165, 1.54) is 17.5 Å². The lowest BCUT2D eigenvalue weighted by Gasteiger charge is -2.35. The van der Waals surface area contributed by atoms with Gasteiger partial charge in [-0.3, -0.25) is 0 Å². The van der Waals surface area contributed by atoms with Gasteiger partial charge in [0.1, 0.15) is 0 Å². The fourth-order valence-corrected chi connectivity index (χ4v) is 3.30. The Morgan fingerprint density at radius 3 is 2.74 bits per heavy atom. The molecule has 106 valence electrons. The van der Waals surface area contributed by atoms with Gasteiger partial charge < -0.3 is 10.4 Å². The van der Waals surface area contributed by atoms with Crippen LogP contribution in [0.15, 0.2) is 24.3 Å². The third-order valence-electron chi connectivity index (χ3n) is 4.34. The van der Waals surface area contributed by atoms with Crippen molar-refractivity contribution in [3.05, 3.63) is 35.4 Å². The van der Waals surface area contributed by atoms with Crippen LogP contribution in [0.2, 0.25) is 0 Å². The third-order valence-corrected chi connectivity index (χ3v) is 4.34. The van der Waals surface area contributed by atoms with Gasteiger partial charge in [-0.2, -0.15) is 0 Å². The van der Waals surface area contributed by atoms with E-state index in [-0.39, 0.29) is 0 Å². The molecule has 1 saturated carbocycles. The summed E-state index contributed by atoms with van der Waals surface area (Å²) in [5, 5.41) is 14.0. The average molecular weight is 261 g/mol. The van der Waals surface area contributed by atoms with Crippen LogP contribution in [-0.4, -0.2) is 17.3 Å². The lowest BCUT2D eigenvalue weighted by molar-refractivity contribution is -0.0119. The van der Waals surface area contributed by atoms with Gasteiger partial charge in [0.25, 0.3) is 0 Å². The van der Waals surface area contributed by atoms with E-state index in [2.05, 4.69) is 43.4 Å². The number of aryl methyl sites for hydroxylation is 1. The fraction of sp³-hybridized carbons (Fsp3) is 0.647. The molecule has 19 heavy (non-hydrogen) atoms. The second-order valence-corrected chi connectivity index (χ2v) is 6.15. The van der Waals surface area contributed by atoms with Crippen molar-refractivity contribution in [2.45, 2.75) is 58.1 Å². The number of benzene rings is 1. The summed E-state index contributed by atoms with van der Waals surface area (Å²) >= 11 is 0. The second-order valence-electron chi connectivity index (χ2n) is 6.15. The van der Waals surface area contributed by atoms with E-state index in [0.717, 1.165) is 38.8 Å². The Balaban J connectivity index is 1.86. The first-order chi connectivity index (χ1) is 9.13. The summed E-state index contributed by atoms with van der Waals surface area (Å²) in [6.07, 6.45) is 5.38. The Hall–Kier alpha value is -0.860. The highest BCUT2D eigenvalue weighted by molar-refractivity contribution is 5.26. The molecule has 2 unspecified atom stereocenters. The Bertz CT molecular complexity index is 404. The van der Waals surface area contributed by atoms with Crippen LogP contribution < -0.4 is 5.32 Å². The molecular weight excluding hydrogens is 234 g/mol. The molecule has 0 aliphatic heterocycles. The molecule has 2 rings (SSSR count). The van der Waals surface area contributed by atoms with Crippen LogP contribution in [0.5, 0.6) is 0 Å². The van der Waals surface area contributed by atoms with Gasteiger partial charge >= 0.3 is 0 Å². The molecule has 1 aromatic rings. The van der Waals surface area contributed by atoms with Gasteiger partial charge in [-0.05, 0) is 36.3 Å². The Kier molecular flexibility index (Phi) is 5.00. The van der Waals surface area contributed by atoms with Crippen molar-refractivity contribution < 1.29 is 5.11 Å². The molecule has 1 fully saturated rings. The third kappa shape index (κ3) is 4.05. The van der Waals surface area contributed by atoms with Gasteiger partial charge in [0.2, 0.25) is 0 Å². The Labute approximate surface area is 117 Å². The van der Waals surface area contributed by atoms with Gasteiger partial charge in [-0.1, -0.05) is 51.0 Å². The highest BCUT2D eigenvalue weighted by Gasteiger charge is 2.31. The molecule has 0 saturated heterocycles. The van der Waals surface area contributed by atoms with E-state index in [0.29, 0.717) is 5.92 Å². The van der Waals surface area contributed by atoms with Crippen molar-refractivity contribution in [1.82, 2.24) is 5.32 Å². The summed E-state index contributed by atoms with van der Waals surface area (Å²) in [6.45, 7) is 6.02. The minimum Gasteiger partial charge on any atom is -0.389 e. The van der Waals surface area contributed by atoms with Crippen molar-refractivity contribution in [1.29, 1.82) is 0 Å². The van der Waals surface area contributed by atoms with E-state index in [9.17, 15) is 5.11 Å². The Morgan fingerprint density at radius 1 is 1.32 bits per heavy atom. The predicted octanol–water partition coefficient (Wildman–Crippen LogP) is 3.28. The summed E-state index contributed by atoms with van der Waals surface area (Å²) in [6, 6.07) is 8.56. The van der Waals surface area contributed by atoms with E-state index in [1.54, 1.807) is 0 Å². The molecule has 0 bridgehead atoms. The molecule has 0 spiro atoms. The van der Waals surface area contributed by atoms with E-state index in [4.69, 9.17) is 0 Å². The maximum absolute atomic E-state index is 10.6. The average Bonchev–Trinajstić information content (AvgIpc) is 2.39. The topological polar surface area (TPSA) is 32.3 Å². The minimum atomic E-state index is -0.487. The van der Waals surface area contributed by atoms with Crippen LogP contribution in [0.4, 0.5) is 0 Å². The van der Waals surface area contributed by atoms with Crippen molar-refractivity contribution >= 4 is 0 Å². The van der Waals surface area contributed by atoms with E-state index in [1.807, 2.05) is 0 Å². The van der Waals surface area contributed by atoms with Gasteiger partial charge in [-0.25, -0.2) is 0 Å². The molecule has 0 amide bonds. The van der Waals surface area contributed by atoms with Crippen molar-refractivity contribution in [3.63, 3.8) is 0 Å². The maximum atomic E-state index is 10.6. The van der Waals surface area contributed by atoms with Crippen LogP contribution in [0.1, 0.15) is 50.7 Å².